The fourth-order valence-corrected chi connectivity index (χ4v) is 1.73. The van der Waals surface area contributed by atoms with Crippen molar-refractivity contribution in [2.75, 3.05) is 24.2 Å². The van der Waals surface area contributed by atoms with Crippen LogP contribution in [0.5, 0.6) is 5.88 Å². The number of nitrogens with two attached hydrogens (primary N) is 1. The van der Waals surface area contributed by atoms with Gasteiger partial charge in [0.2, 0.25) is 5.88 Å². The number of ether oxygens (including phenoxy) is 2. The molecule has 1 aromatic rings. The van der Waals surface area contributed by atoms with E-state index in [1.807, 2.05) is 19.9 Å². The Morgan fingerprint density at radius 3 is 2.86 bits per heavy atom. The highest BCUT2D eigenvalue weighted by atomic mass is 16.5. The molecule has 6 nitrogen and oxygen atoms in total. The topological polar surface area (TPSA) is 86.5 Å². The lowest BCUT2D eigenvalue weighted by molar-refractivity contribution is -0.148. The maximum atomic E-state index is 11.5. The van der Waals surface area contributed by atoms with Crippen molar-refractivity contribution in [2.45, 2.75) is 52.6 Å². The molecule has 0 aliphatic rings. The van der Waals surface area contributed by atoms with Gasteiger partial charge < -0.3 is 20.5 Å². The molecule has 3 N–H and O–H groups in total. The number of nitrogens with one attached hydrogen (secondary N) is 1. The van der Waals surface area contributed by atoms with E-state index in [2.05, 4.69) is 17.2 Å². The summed E-state index contributed by atoms with van der Waals surface area (Å²) in [5.41, 5.74) is 6.64. The number of aromatic nitrogens is 1. The van der Waals surface area contributed by atoms with Crippen LogP contribution in [0, 0.1) is 0 Å². The second kappa shape index (κ2) is 9.87. The Hall–Kier alpha value is -1.98. The highest BCUT2D eigenvalue weighted by Crippen LogP contribution is 2.18. The van der Waals surface area contributed by atoms with Crippen molar-refractivity contribution >= 4 is 17.5 Å². The highest BCUT2D eigenvalue weighted by Gasteiger charge is 2.08. The molecule has 124 valence electrons. The van der Waals surface area contributed by atoms with Crippen molar-refractivity contribution in [1.82, 2.24) is 4.98 Å². The predicted octanol–water partition coefficient (Wildman–Crippen LogP) is 2.99. The van der Waals surface area contributed by atoms with E-state index in [1.165, 1.54) is 0 Å². The molecule has 22 heavy (non-hydrogen) atoms. The standard InChI is InChI=1S/C16H27N3O3/c1-4-8-18-13-10-14(17)19-15(11-13)21-9-6-7-16(20)22-12(3)5-2/h10-12H,4-9H2,1-3H3,(H3,17,18,19). The average molecular weight is 309 g/mol. The Labute approximate surface area is 132 Å². The SMILES string of the molecule is CCCNc1cc(N)nc(OCCCC(=O)OC(C)CC)c1. The van der Waals surface area contributed by atoms with Crippen LogP contribution in [0.2, 0.25) is 0 Å². The summed E-state index contributed by atoms with van der Waals surface area (Å²) in [6, 6.07) is 3.58. The van der Waals surface area contributed by atoms with Crippen LogP contribution in [0.4, 0.5) is 11.5 Å². The zero-order valence-corrected chi connectivity index (χ0v) is 13.7. The molecule has 0 aliphatic heterocycles. The molecule has 1 unspecified atom stereocenters. The van der Waals surface area contributed by atoms with E-state index < -0.39 is 0 Å². The number of hydrogen-bond donors (Lipinski definition) is 2. The first-order chi connectivity index (χ1) is 10.5. The van der Waals surface area contributed by atoms with E-state index >= 15 is 0 Å². The van der Waals surface area contributed by atoms with Gasteiger partial charge in [0.1, 0.15) is 5.82 Å². The third kappa shape index (κ3) is 7.15. The summed E-state index contributed by atoms with van der Waals surface area (Å²) in [5.74, 6) is 0.685. The molecule has 1 aromatic heterocycles. The fraction of sp³-hybridized carbons (Fsp3) is 0.625. The van der Waals surface area contributed by atoms with Gasteiger partial charge in [-0.05, 0) is 26.2 Å². The van der Waals surface area contributed by atoms with Gasteiger partial charge in [0.05, 0.1) is 12.7 Å². The number of rotatable bonds is 10. The molecule has 0 fully saturated rings. The van der Waals surface area contributed by atoms with E-state index in [0.29, 0.717) is 31.1 Å². The van der Waals surface area contributed by atoms with E-state index in [9.17, 15) is 4.79 Å². The van der Waals surface area contributed by atoms with Gasteiger partial charge in [-0.2, -0.15) is 4.98 Å². The maximum Gasteiger partial charge on any atom is 0.306 e. The van der Waals surface area contributed by atoms with E-state index in [4.69, 9.17) is 15.2 Å². The molecule has 0 spiro atoms. The average Bonchev–Trinajstić information content (AvgIpc) is 2.49. The zero-order valence-electron chi connectivity index (χ0n) is 13.7. The second-order valence-corrected chi connectivity index (χ2v) is 5.21. The molecule has 0 aliphatic carbocycles. The van der Waals surface area contributed by atoms with E-state index in [-0.39, 0.29) is 12.1 Å². The molecule has 0 saturated carbocycles. The van der Waals surface area contributed by atoms with Crippen molar-refractivity contribution in [1.29, 1.82) is 0 Å². The number of carbonyl (C=O) groups is 1. The first-order valence-corrected chi connectivity index (χ1v) is 7.88. The van der Waals surface area contributed by atoms with Crippen LogP contribution >= 0.6 is 0 Å². The number of nitrogens with zero attached hydrogens (tertiary/aromatic N) is 1. The molecule has 0 radical (unpaired) electrons. The molecule has 1 heterocycles. The van der Waals surface area contributed by atoms with Crippen molar-refractivity contribution < 1.29 is 14.3 Å². The Morgan fingerprint density at radius 2 is 2.18 bits per heavy atom. The molecule has 1 rings (SSSR count). The Bertz CT molecular complexity index is 466. The monoisotopic (exact) mass is 309 g/mol. The van der Waals surface area contributed by atoms with Gasteiger partial charge in [0.15, 0.2) is 0 Å². The van der Waals surface area contributed by atoms with E-state index in [1.54, 1.807) is 6.07 Å². The van der Waals surface area contributed by atoms with Crippen molar-refractivity contribution in [2.24, 2.45) is 0 Å². The Balaban J connectivity index is 2.35. The van der Waals surface area contributed by atoms with Gasteiger partial charge >= 0.3 is 5.97 Å². The van der Waals surface area contributed by atoms with Crippen LogP contribution in [-0.4, -0.2) is 30.2 Å². The van der Waals surface area contributed by atoms with Crippen LogP contribution in [0.25, 0.3) is 0 Å². The molecule has 0 amide bonds. The highest BCUT2D eigenvalue weighted by molar-refractivity contribution is 5.69. The number of esters is 1. The molecule has 6 heteroatoms. The lowest BCUT2D eigenvalue weighted by Gasteiger charge is -2.11. The van der Waals surface area contributed by atoms with Gasteiger partial charge in [-0.1, -0.05) is 13.8 Å². The summed E-state index contributed by atoms with van der Waals surface area (Å²) < 4.78 is 10.7. The Kier molecular flexibility index (Phi) is 8.10. The lowest BCUT2D eigenvalue weighted by Crippen LogP contribution is -2.14. The predicted molar refractivity (Wildman–Crippen MR) is 88.0 cm³/mol. The van der Waals surface area contributed by atoms with Gasteiger partial charge in [-0.3, -0.25) is 4.79 Å². The summed E-state index contributed by atoms with van der Waals surface area (Å²) >= 11 is 0. The van der Waals surface area contributed by atoms with Gasteiger partial charge in [0, 0.05) is 30.8 Å². The minimum atomic E-state index is -0.191. The quantitative estimate of drug-likeness (QED) is 0.510. The number of nitrogen functional groups attached to an aromatic ring is 1. The Morgan fingerprint density at radius 1 is 1.41 bits per heavy atom. The minimum absolute atomic E-state index is 0.0313. The molecule has 0 saturated heterocycles. The summed E-state index contributed by atoms with van der Waals surface area (Å²) in [7, 11) is 0. The molecule has 1 atom stereocenters. The van der Waals surface area contributed by atoms with Crippen molar-refractivity contribution in [3.63, 3.8) is 0 Å². The molecule has 0 bridgehead atoms. The van der Waals surface area contributed by atoms with Crippen molar-refractivity contribution in [3.05, 3.63) is 12.1 Å². The number of carbonyl (C=O) groups excluding carboxylic acids is 1. The third-order valence-electron chi connectivity index (χ3n) is 3.08. The minimum Gasteiger partial charge on any atom is -0.478 e. The number of hydrogen-bond acceptors (Lipinski definition) is 6. The lowest BCUT2D eigenvalue weighted by atomic mass is 10.3. The zero-order chi connectivity index (χ0) is 16.4. The largest absolute Gasteiger partial charge is 0.478 e. The third-order valence-corrected chi connectivity index (χ3v) is 3.08. The molecular weight excluding hydrogens is 282 g/mol. The molecule has 0 aromatic carbocycles. The number of pyridine rings is 1. The second-order valence-electron chi connectivity index (χ2n) is 5.21. The first kappa shape index (κ1) is 18.1. The normalized spacial score (nSPS) is 11.8. The summed E-state index contributed by atoms with van der Waals surface area (Å²) in [6.45, 7) is 7.23. The van der Waals surface area contributed by atoms with Gasteiger partial charge in [0.25, 0.3) is 0 Å². The smallest absolute Gasteiger partial charge is 0.306 e. The number of anilines is 2. The van der Waals surface area contributed by atoms with Crippen LogP contribution in [0.15, 0.2) is 12.1 Å². The van der Waals surface area contributed by atoms with Crippen molar-refractivity contribution in [3.8, 4) is 5.88 Å². The fourth-order valence-electron chi connectivity index (χ4n) is 1.73. The van der Waals surface area contributed by atoms with E-state index in [0.717, 1.165) is 25.1 Å². The van der Waals surface area contributed by atoms with Gasteiger partial charge in [-0.25, -0.2) is 0 Å². The van der Waals surface area contributed by atoms with Crippen LogP contribution in [0.3, 0.4) is 0 Å². The maximum absolute atomic E-state index is 11.5. The summed E-state index contributed by atoms with van der Waals surface area (Å²) in [5, 5.41) is 3.24. The molecular formula is C16H27N3O3. The van der Waals surface area contributed by atoms with Crippen LogP contribution in [0.1, 0.15) is 46.5 Å². The van der Waals surface area contributed by atoms with Gasteiger partial charge in [-0.15, -0.1) is 0 Å². The summed E-state index contributed by atoms with van der Waals surface area (Å²) in [4.78, 5) is 15.6. The van der Waals surface area contributed by atoms with Crippen LogP contribution in [-0.2, 0) is 9.53 Å². The summed E-state index contributed by atoms with van der Waals surface area (Å²) in [6.07, 6.45) is 2.74. The van der Waals surface area contributed by atoms with Crippen LogP contribution < -0.4 is 15.8 Å². The first-order valence-electron chi connectivity index (χ1n) is 7.88.